The van der Waals surface area contributed by atoms with Crippen molar-refractivity contribution in [2.45, 2.75) is 50.1 Å². The highest BCUT2D eigenvalue weighted by Gasteiger charge is 2.41. The lowest BCUT2D eigenvalue weighted by molar-refractivity contribution is -0.123. The summed E-state index contributed by atoms with van der Waals surface area (Å²) in [5.74, 6) is 1.42. The molecule has 158 valence electrons. The van der Waals surface area contributed by atoms with E-state index in [0.717, 1.165) is 26.1 Å². The fourth-order valence-corrected chi connectivity index (χ4v) is 5.88. The summed E-state index contributed by atoms with van der Waals surface area (Å²) in [5.41, 5.74) is 2.77. The van der Waals surface area contributed by atoms with Crippen molar-refractivity contribution < 1.29 is 4.79 Å². The van der Waals surface area contributed by atoms with Crippen molar-refractivity contribution in [1.82, 2.24) is 10.2 Å². The minimum Gasteiger partial charge on any atom is -0.371 e. The topological polar surface area (TPSA) is 35.6 Å². The quantitative estimate of drug-likeness (QED) is 0.791. The van der Waals surface area contributed by atoms with Gasteiger partial charge in [-0.25, -0.2) is 0 Å². The fraction of sp³-hybridized carbons (Fsp3) is 0.500. The van der Waals surface area contributed by atoms with Gasteiger partial charge in [0.25, 0.3) is 0 Å². The molecule has 0 radical (unpaired) electrons. The summed E-state index contributed by atoms with van der Waals surface area (Å²) in [6.07, 6.45) is 6.04. The predicted molar refractivity (Wildman–Crippen MR) is 122 cm³/mol. The maximum atomic E-state index is 12.7. The number of hydrogen-bond acceptors (Lipinski definition) is 3. The first-order valence-corrected chi connectivity index (χ1v) is 11.6. The van der Waals surface area contributed by atoms with Crippen LogP contribution >= 0.6 is 0 Å². The van der Waals surface area contributed by atoms with Gasteiger partial charge in [-0.1, -0.05) is 48.5 Å². The monoisotopic (exact) mass is 403 g/mol. The van der Waals surface area contributed by atoms with E-state index in [1.807, 2.05) is 0 Å². The normalized spacial score (nSPS) is 28.6. The highest BCUT2D eigenvalue weighted by molar-refractivity contribution is 5.78. The zero-order valence-electron chi connectivity index (χ0n) is 17.7. The first kappa shape index (κ1) is 19.6. The Morgan fingerprint density at radius 2 is 1.57 bits per heavy atom. The van der Waals surface area contributed by atoms with Gasteiger partial charge in [-0.15, -0.1) is 0 Å². The van der Waals surface area contributed by atoms with Crippen LogP contribution in [0.3, 0.4) is 0 Å². The first-order valence-electron chi connectivity index (χ1n) is 11.6. The molecule has 0 saturated carbocycles. The van der Waals surface area contributed by atoms with Gasteiger partial charge in [0, 0.05) is 37.4 Å². The van der Waals surface area contributed by atoms with Gasteiger partial charge in [-0.05, 0) is 61.6 Å². The lowest BCUT2D eigenvalue weighted by Gasteiger charge is -2.38. The summed E-state index contributed by atoms with van der Waals surface area (Å²) < 4.78 is 0. The van der Waals surface area contributed by atoms with Crippen LogP contribution in [0.4, 0.5) is 5.69 Å². The van der Waals surface area contributed by atoms with E-state index >= 15 is 0 Å². The molecule has 4 heteroatoms. The number of piperidine rings is 1. The molecule has 2 bridgehead atoms. The highest BCUT2D eigenvalue weighted by atomic mass is 16.2. The SMILES string of the molecule is O=C(CN1[C@@H]2CC[C@H]1CC(c1ccccc1)C2)NCC1CCN(c2ccccc2)C1. The number of nitrogens with zero attached hydrogens (tertiary/aromatic N) is 2. The minimum absolute atomic E-state index is 0.211. The zero-order valence-corrected chi connectivity index (χ0v) is 17.7. The number of rotatable bonds is 6. The molecular formula is C26H33N3O. The number of para-hydroxylation sites is 1. The lowest BCUT2D eigenvalue weighted by Crippen LogP contribution is -2.48. The van der Waals surface area contributed by atoms with Crippen LogP contribution in [-0.4, -0.2) is 49.1 Å². The molecule has 2 unspecified atom stereocenters. The van der Waals surface area contributed by atoms with Crippen LogP contribution in [-0.2, 0) is 4.79 Å². The van der Waals surface area contributed by atoms with E-state index in [-0.39, 0.29) is 5.91 Å². The van der Waals surface area contributed by atoms with E-state index in [1.54, 1.807) is 0 Å². The molecule has 3 aliphatic rings. The van der Waals surface area contributed by atoms with Gasteiger partial charge >= 0.3 is 0 Å². The summed E-state index contributed by atoms with van der Waals surface area (Å²) in [5, 5.41) is 3.25. The van der Waals surface area contributed by atoms with Crippen molar-refractivity contribution in [3.8, 4) is 0 Å². The summed E-state index contributed by atoms with van der Waals surface area (Å²) in [6.45, 7) is 3.50. The van der Waals surface area contributed by atoms with E-state index in [4.69, 9.17) is 0 Å². The van der Waals surface area contributed by atoms with Gasteiger partial charge in [0.1, 0.15) is 0 Å². The molecule has 3 aliphatic heterocycles. The van der Waals surface area contributed by atoms with Gasteiger partial charge in [0.05, 0.1) is 6.54 Å². The van der Waals surface area contributed by atoms with Crippen molar-refractivity contribution in [2.75, 3.05) is 31.1 Å². The Hall–Kier alpha value is -2.33. The van der Waals surface area contributed by atoms with Crippen molar-refractivity contribution >= 4 is 11.6 Å². The third-order valence-corrected chi connectivity index (χ3v) is 7.48. The van der Waals surface area contributed by atoms with Crippen LogP contribution in [0.1, 0.15) is 43.6 Å². The Bertz CT molecular complexity index is 826. The molecule has 0 spiro atoms. The Kier molecular flexibility index (Phi) is 5.76. The molecule has 5 rings (SSSR count). The second-order valence-electron chi connectivity index (χ2n) is 9.38. The number of amides is 1. The summed E-state index contributed by atoms with van der Waals surface area (Å²) in [4.78, 5) is 17.7. The third-order valence-electron chi connectivity index (χ3n) is 7.48. The molecule has 3 saturated heterocycles. The van der Waals surface area contributed by atoms with Crippen LogP contribution in [0.5, 0.6) is 0 Å². The van der Waals surface area contributed by atoms with Crippen LogP contribution < -0.4 is 10.2 Å². The average Bonchev–Trinajstić information content (AvgIpc) is 3.35. The number of carbonyl (C=O) groups is 1. The number of nitrogens with one attached hydrogen (secondary N) is 1. The Labute approximate surface area is 180 Å². The molecule has 4 atom stereocenters. The van der Waals surface area contributed by atoms with Crippen LogP contribution in [0.25, 0.3) is 0 Å². The van der Waals surface area contributed by atoms with Crippen molar-refractivity contribution in [3.05, 3.63) is 66.2 Å². The molecule has 3 fully saturated rings. The Morgan fingerprint density at radius 1 is 0.900 bits per heavy atom. The Balaban J connectivity index is 1.09. The van der Waals surface area contributed by atoms with E-state index in [0.29, 0.717) is 30.5 Å². The summed E-state index contributed by atoms with van der Waals surface area (Å²) in [6, 6.07) is 22.7. The van der Waals surface area contributed by atoms with Gasteiger partial charge in [0.15, 0.2) is 0 Å². The van der Waals surface area contributed by atoms with E-state index in [1.165, 1.54) is 36.9 Å². The maximum Gasteiger partial charge on any atom is 0.234 e. The number of fused-ring (bicyclic) bond motifs is 2. The average molecular weight is 404 g/mol. The highest BCUT2D eigenvalue weighted by Crippen LogP contribution is 2.42. The van der Waals surface area contributed by atoms with E-state index in [9.17, 15) is 4.79 Å². The van der Waals surface area contributed by atoms with Gasteiger partial charge in [-0.2, -0.15) is 0 Å². The van der Waals surface area contributed by atoms with Gasteiger partial charge in [-0.3, -0.25) is 9.69 Å². The second kappa shape index (κ2) is 8.81. The van der Waals surface area contributed by atoms with Crippen molar-refractivity contribution in [1.29, 1.82) is 0 Å². The standard InChI is InChI=1S/C26H33N3O/c30-26(27-17-20-13-14-28(18-20)23-9-5-2-6-10-23)19-29-24-11-12-25(29)16-22(15-24)21-7-3-1-4-8-21/h1-10,20,22,24-25H,11-19H2,(H,27,30)/t20?,22?,24-,25+. The van der Waals surface area contributed by atoms with Crippen LogP contribution in [0, 0.1) is 5.92 Å². The molecule has 30 heavy (non-hydrogen) atoms. The molecule has 2 aromatic carbocycles. The molecule has 0 aliphatic carbocycles. The van der Waals surface area contributed by atoms with Crippen LogP contribution in [0.2, 0.25) is 0 Å². The van der Waals surface area contributed by atoms with Crippen LogP contribution in [0.15, 0.2) is 60.7 Å². The first-order chi connectivity index (χ1) is 14.8. The summed E-state index contributed by atoms with van der Waals surface area (Å²) in [7, 11) is 0. The summed E-state index contributed by atoms with van der Waals surface area (Å²) >= 11 is 0. The third kappa shape index (κ3) is 4.24. The molecule has 1 amide bonds. The molecule has 4 nitrogen and oxygen atoms in total. The fourth-order valence-electron chi connectivity index (χ4n) is 5.88. The van der Waals surface area contributed by atoms with Gasteiger partial charge < -0.3 is 10.2 Å². The maximum absolute atomic E-state index is 12.7. The largest absolute Gasteiger partial charge is 0.371 e. The molecule has 0 aromatic heterocycles. The molecule has 1 N–H and O–H groups in total. The number of anilines is 1. The lowest BCUT2D eigenvalue weighted by atomic mass is 9.85. The van der Waals surface area contributed by atoms with Gasteiger partial charge in [0.2, 0.25) is 5.91 Å². The molecule has 2 aromatic rings. The van der Waals surface area contributed by atoms with Crippen molar-refractivity contribution in [2.24, 2.45) is 5.92 Å². The second-order valence-corrected chi connectivity index (χ2v) is 9.38. The Morgan fingerprint density at radius 3 is 2.27 bits per heavy atom. The number of hydrogen-bond donors (Lipinski definition) is 1. The number of carbonyl (C=O) groups excluding carboxylic acids is 1. The van der Waals surface area contributed by atoms with Crippen molar-refractivity contribution in [3.63, 3.8) is 0 Å². The molecule has 3 heterocycles. The minimum atomic E-state index is 0.211. The zero-order chi connectivity index (χ0) is 20.3. The molecular weight excluding hydrogens is 370 g/mol. The smallest absolute Gasteiger partial charge is 0.234 e. The van der Waals surface area contributed by atoms with E-state index in [2.05, 4.69) is 75.8 Å². The van der Waals surface area contributed by atoms with E-state index < -0.39 is 0 Å². The number of benzene rings is 2. The predicted octanol–water partition coefficient (Wildman–Crippen LogP) is 4.04.